The van der Waals surface area contributed by atoms with Crippen molar-refractivity contribution in [3.8, 4) is 0 Å². The summed E-state index contributed by atoms with van der Waals surface area (Å²) in [5.41, 5.74) is 6.80. The molecule has 1 fully saturated rings. The Balaban J connectivity index is 1.99. The van der Waals surface area contributed by atoms with Crippen LogP contribution in [0.15, 0.2) is 18.3 Å². The lowest BCUT2D eigenvalue weighted by Gasteiger charge is -2.15. The third-order valence-electron chi connectivity index (χ3n) is 2.99. The molecule has 1 aromatic heterocycles. The number of rotatable bonds is 3. The van der Waals surface area contributed by atoms with Gasteiger partial charge in [-0.3, -0.25) is 9.78 Å². The summed E-state index contributed by atoms with van der Waals surface area (Å²) in [6.07, 6.45) is 2.55. The molecule has 2 atom stereocenters. The normalized spacial score (nSPS) is 23.6. The molecule has 0 bridgehead atoms. The molecule has 1 aromatic rings. The van der Waals surface area contributed by atoms with Gasteiger partial charge < -0.3 is 15.8 Å². The molecular formula is C12H17N3O2. The third kappa shape index (κ3) is 2.81. The number of nitrogens with two attached hydrogens (primary N) is 1. The van der Waals surface area contributed by atoms with E-state index in [1.807, 2.05) is 13.0 Å². The zero-order valence-corrected chi connectivity index (χ0v) is 9.85. The highest BCUT2D eigenvalue weighted by Gasteiger charge is 2.26. The van der Waals surface area contributed by atoms with Gasteiger partial charge in [0.15, 0.2) is 0 Å². The molecule has 92 valence electrons. The molecule has 0 aromatic carbocycles. The molecule has 3 N–H and O–H groups in total. The van der Waals surface area contributed by atoms with E-state index in [0.717, 1.165) is 12.0 Å². The number of hydrogen-bond donors (Lipinski definition) is 2. The maximum atomic E-state index is 11.9. The smallest absolute Gasteiger partial charge is 0.270 e. The number of amides is 1. The summed E-state index contributed by atoms with van der Waals surface area (Å²) in [6.45, 7) is 3.09. The molecule has 2 unspecified atom stereocenters. The van der Waals surface area contributed by atoms with E-state index >= 15 is 0 Å². The van der Waals surface area contributed by atoms with Gasteiger partial charge in [-0.15, -0.1) is 0 Å². The van der Waals surface area contributed by atoms with Crippen LogP contribution in [0.1, 0.15) is 29.4 Å². The molecule has 1 aliphatic rings. The van der Waals surface area contributed by atoms with Gasteiger partial charge in [-0.2, -0.15) is 0 Å². The minimum atomic E-state index is -0.157. The first-order chi connectivity index (χ1) is 8.20. The highest BCUT2D eigenvalue weighted by Crippen LogP contribution is 2.13. The number of hydrogen-bond acceptors (Lipinski definition) is 4. The average Bonchev–Trinajstić information content (AvgIpc) is 2.75. The monoisotopic (exact) mass is 235 g/mol. The van der Waals surface area contributed by atoms with Gasteiger partial charge in [0.25, 0.3) is 5.91 Å². The van der Waals surface area contributed by atoms with Crippen LogP contribution in [0.5, 0.6) is 0 Å². The van der Waals surface area contributed by atoms with Gasteiger partial charge in [-0.25, -0.2) is 0 Å². The van der Waals surface area contributed by atoms with E-state index in [4.69, 9.17) is 10.5 Å². The summed E-state index contributed by atoms with van der Waals surface area (Å²) >= 11 is 0. The van der Waals surface area contributed by atoms with Crippen molar-refractivity contribution in [2.45, 2.75) is 32.0 Å². The van der Waals surface area contributed by atoms with Crippen LogP contribution in [-0.2, 0) is 11.3 Å². The molecule has 1 aliphatic heterocycles. The Morgan fingerprint density at radius 2 is 2.47 bits per heavy atom. The number of carbonyl (C=O) groups excluding carboxylic acids is 1. The molecular weight excluding hydrogens is 218 g/mol. The van der Waals surface area contributed by atoms with Crippen LogP contribution in [0.4, 0.5) is 0 Å². The van der Waals surface area contributed by atoms with Crippen LogP contribution in [0.25, 0.3) is 0 Å². The largest absolute Gasteiger partial charge is 0.376 e. The van der Waals surface area contributed by atoms with Gasteiger partial charge >= 0.3 is 0 Å². The fourth-order valence-electron chi connectivity index (χ4n) is 1.84. The van der Waals surface area contributed by atoms with E-state index < -0.39 is 0 Å². The second-order valence-corrected chi connectivity index (χ2v) is 4.20. The van der Waals surface area contributed by atoms with Crippen LogP contribution >= 0.6 is 0 Å². The molecule has 1 saturated heterocycles. The fourth-order valence-corrected chi connectivity index (χ4v) is 1.84. The number of nitrogens with zero attached hydrogens (tertiary/aromatic N) is 1. The lowest BCUT2D eigenvalue weighted by Crippen LogP contribution is -2.39. The SMILES string of the molecule is CC1OCCC1NC(=O)c1ccc(CN)cn1. The zero-order valence-electron chi connectivity index (χ0n) is 9.85. The summed E-state index contributed by atoms with van der Waals surface area (Å²) in [5, 5.41) is 2.92. The van der Waals surface area contributed by atoms with Crippen molar-refractivity contribution in [1.29, 1.82) is 0 Å². The molecule has 5 heteroatoms. The van der Waals surface area contributed by atoms with Crippen molar-refractivity contribution < 1.29 is 9.53 Å². The maximum absolute atomic E-state index is 11.9. The van der Waals surface area contributed by atoms with Crippen molar-refractivity contribution in [2.24, 2.45) is 5.73 Å². The van der Waals surface area contributed by atoms with E-state index in [9.17, 15) is 4.79 Å². The Morgan fingerprint density at radius 1 is 1.65 bits per heavy atom. The second-order valence-electron chi connectivity index (χ2n) is 4.20. The van der Waals surface area contributed by atoms with Crippen LogP contribution in [0.3, 0.4) is 0 Å². The molecule has 1 amide bonds. The van der Waals surface area contributed by atoms with Crippen molar-refractivity contribution in [2.75, 3.05) is 6.61 Å². The topological polar surface area (TPSA) is 77.2 Å². The van der Waals surface area contributed by atoms with Gasteiger partial charge in [0.1, 0.15) is 5.69 Å². The van der Waals surface area contributed by atoms with Crippen molar-refractivity contribution in [1.82, 2.24) is 10.3 Å². The summed E-state index contributed by atoms with van der Waals surface area (Å²) in [7, 11) is 0. The molecule has 0 aliphatic carbocycles. The van der Waals surface area contributed by atoms with E-state index in [-0.39, 0.29) is 18.1 Å². The van der Waals surface area contributed by atoms with Gasteiger partial charge in [0.05, 0.1) is 12.1 Å². The standard InChI is InChI=1S/C12H17N3O2/c1-8-10(4-5-17-8)15-12(16)11-3-2-9(6-13)7-14-11/h2-3,7-8,10H,4-6,13H2,1H3,(H,15,16). The van der Waals surface area contributed by atoms with Crippen LogP contribution < -0.4 is 11.1 Å². The predicted octanol–water partition coefficient (Wildman–Crippen LogP) is 0.448. The first kappa shape index (κ1) is 12.0. The van der Waals surface area contributed by atoms with Crippen molar-refractivity contribution in [3.05, 3.63) is 29.6 Å². The van der Waals surface area contributed by atoms with E-state index in [0.29, 0.717) is 18.8 Å². The Labute approximate surface area is 100 Å². The third-order valence-corrected chi connectivity index (χ3v) is 2.99. The van der Waals surface area contributed by atoms with Crippen molar-refractivity contribution >= 4 is 5.91 Å². The molecule has 17 heavy (non-hydrogen) atoms. The maximum Gasteiger partial charge on any atom is 0.270 e. The Bertz CT molecular complexity index is 391. The molecule has 2 heterocycles. The first-order valence-corrected chi connectivity index (χ1v) is 5.78. The summed E-state index contributed by atoms with van der Waals surface area (Å²) < 4.78 is 5.39. The minimum absolute atomic E-state index is 0.0715. The lowest BCUT2D eigenvalue weighted by molar-refractivity contribution is 0.0862. The summed E-state index contributed by atoms with van der Waals surface area (Å²) in [4.78, 5) is 16.0. The lowest BCUT2D eigenvalue weighted by atomic mass is 10.1. The Hall–Kier alpha value is -1.46. The second kappa shape index (κ2) is 5.25. The molecule has 0 radical (unpaired) electrons. The van der Waals surface area contributed by atoms with E-state index in [1.54, 1.807) is 12.3 Å². The predicted molar refractivity (Wildman–Crippen MR) is 63.4 cm³/mol. The summed E-state index contributed by atoms with van der Waals surface area (Å²) in [5.74, 6) is -0.157. The van der Waals surface area contributed by atoms with E-state index in [1.165, 1.54) is 0 Å². The molecule has 0 spiro atoms. The van der Waals surface area contributed by atoms with Gasteiger partial charge in [0, 0.05) is 19.3 Å². The highest BCUT2D eigenvalue weighted by atomic mass is 16.5. The number of aromatic nitrogens is 1. The molecule has 2 rings (SSSR count). The first-order valence-electron chi connectivity index (χ1n) is 5.78. The zero-order chi connectivity index (χ0) is 12.3. The Kier molecular flexibility index (Phi) is 3.71. The van der Waals surface area contributed by atoms with Crippen molar-refractivity contribution in [3.63, 3.8) is 0 Å². The van der Waals surface area contributed by atoms with Crippen LogP contribution in [0, 0.1) is 0 Å². The average molecular weight is 235 g/mol. The Morgan fingerprint density at radius 3 is 3.00 bits per heavy atom. The molecule has 0 saturated carbocycles. The highest BCUT2D eigenvalue weighted by molar-refractivity contribution is 5.92. The van der Waals surface area contributed by atoms with Gasteiger partial charge in [-0.05, 0) is 25.0 Å². The number of ether oxygens (including phenoxy) is 1. The summed E-state index contributed by atoms with van der Waals surface area (Å²) in [6, 6.07) is 3.59. The fraction of sp³-hybridized carbons (Fsp3) is 0.500. The van der Waals surface area contributed by atoms with Crippen LogP contribution in [0.2, 0.25) is 0 Å². The number of nitrogens with one attached hydrogen (secondary N) is 1. The van der Waals surface area contributed by atoms with Crippen LogP contribution in [-0.4, -0.2) is 29.6 Å². The quantitative estimate of drug-likeness (QED) is 0.797. The van der Waals surface area contributed by atoms with E-state index in [2.05, 4.69) is 10.3 Å². The minimum Gasteiger partial charge on any atom is -0.376 e. The van der Waals surface area contributed by atoms with Gasteiger partial charge in [0.2, 0.25) is 0 Å². The van der Waals surface area contributed by atoms with Gasteiger partial charge in [-0.1, -0.05) is 6.07 Å². The number of carbonyl (C=O) groups is 1. The molecule has 5 nitrogen and oxygen atoms in total. The number of pyridine rings is 1.